The van der Waals surface area contributed by atoms with Crippen molar-refractivity contribution in [1.29, 1.82) is 5.26 Å². The maximum absolute atomic E-state index is 8.56. The van der Waals surface area contributed by atoms with Gasteiger partial charge in [0.15, 0.2) is 0 Å². The third-order valence-electron chi connectivity index (χ3n) is 1.23. The molecular weight excluding hydrogens is 220 g/mol. The van der Waals surface area contributed by atoms with E-state index < -0.39 is 0 Å². The molecule has 0 spiro atoms. The van der Waals surface area contributed by atoms with Crippen LogP contribution in [-0.2, 0) is 0 Å². The lowest BCUT2D eigenvalue weighted by molar-refractivity contribution is 1.42. The van der Waals surface area contributed by atoms with Gasteiger partial charge in [0.25, 0.3) is 0 Å². The molecule has 4 nitrogen and oxygen atoms in total. The first kappa shape index (κ1) is 8.60. The third kappa shape index (κ3) is 1.76. The first-order valence-corrected chi connectivity index (χ1v) is 3.82. The minimum atomic E-state index is 0.489. The summed E-state index contributed by atoms with van der Waals surface area (Å²) in [4.78, 5) is 2.62. The number of hydrogen-bond acceptors (Lipinski definition) is 2. The fraction of sp³-hybridized carbons (Fsp3) is 0. The Kier molecular flexibility index (Phi) is 2.70. The van der Waals surface area contributed by atoms with Crippen LogP contribution in [0, 0.1) is 11.3 Å². The van der Waals surface area contributed by atoms with Crippen LogP contribution in [0.4, 0.5) is 5.69 Å². The van der Waals surface area contributed by atoms with Crippen LogP contribution in [0.2, 0.25) is 0 Å². The normalized spacial score (nSPS) is 8.33. The Morgan fingerprint density at radius 1 is 1.58 bits per heavy atom. The van der Waals surface area contributed by atoms with E-state index in [2.05, 4.69) is 26.0 Å². The Morgan fingerprint density at radius 2 is 2.33 bits per heavy atom. The number of nitrogens with zero attached hydrogens (tertiary/aromatic N) is 4. The summed E-state index contributed by atoms with van der Waals surface area (Å²) in [5.41, 5.74) is 9.12. The Bertz CT molecular complexity index is 387. The minimum absolute atomic E-state index is 0.489. The van der Waals surface area contributed by atoms with Crippen molar-refractivity contribution in [3.05, 3.63) is 38.7 Å². The van der Waals surface area contributed by atoms with E-state index in [-0.39, 0.29) is 0 Å². The predicted octanol–water partition coefficient (Wildman–Crippen LogP) is 3.26. The summed E-state index contributed by atoms with van der Waals surface area (Å²) in [7, 11) is 0. The van der Waals surface area contributed by atoms with E-state index in [0.29, 0.717) is 15.7 Å². The molecule has 0 aliphatic carbocycles. The molecule has 0 aliphatic heterocycles. The van der Waals surface area contributed by atoms with E-state index in [1.54, 1.807) is 18.2 Å². The summed E-state index contributed by atoms with van der Waals surface area (Å²) in [6.07, 6.45) is 0. The molecule has 0 saturated heterocycles. The second-order valence-corrected chi connectivity index (χ2v) is 2.82. The molecule has 12 heavy (non-hydrogen) atoms. The quantitative estimate of drug-likeness (QED) is 0.409. The molecule has 1 aromatic rings. The highest BCUT2D eigenvalue weighted by Crippen LogP contribution is 2.22. The van der Waals surface area contributed by atoms with Gasteiger partial charge >= 0.3 is 0 Å². The molecule has 0 aliphatic rings. The van der Waals surface area contributed by atoms with Gasteiger partial charge in [-0.3, -0.25) is 0 Å². The number of azide groups is 1. The highest BCUT2D eigenvalue weighted by molar-refractivity contribution is 9.10. The largest absolute Gasteiger partial charge is 0.192 e. The summed E-state index contributed by atoms with van der Waals surface area (Å²) in [6, 6.07) is 6.76. The molecule has 5 heteroatoms. The Labute approximate surface area is 77.2 Å². The van der Waals surface area contributed by atoms with E-state index in [9.17, 15) is 0 Å². The second kappa shape index (κ2) is 3.77. The first-order chi connectivity index (χ1) is 5.77. The lowest BCUT2D eigenvalue weighted by Gasteiger charge is -1.94. The third-order valence-corrected chi connectivity index (χ3v) is 1.89. The molecule has 1 aromatic carbocycles. The molecule has 1 rings (SSSR count). The van der Waals surface area contributed by atoms with Crippen LogP contribution in [0.15, 0.2) is 27.8 Å². The van der Waals surface area contributed by atoms with E-state index >= 15 is 0 Å². The second-order valence-electron chi connectivity index (χ2n) is 1.97. The average molecular weight is 223 g/mol. The smallest absolute Gasteiger partial charge is 0.100 e. The zero-order chi connectivity index (χ0) is 8.97. The summed E-state index contributed by atoms with van der Waals surface area (Å²) in [5.74, 6) is 0. The molecule has 0 unspecified atom stereocenters. The molecule has 0 radical (unpaired) electrons. The molecule has 0 atom stereocenters. The highest BCUT2D eigenvalue weighted by Gasteiger charge is 1.97. The van der Waals surface area contributed by atoms with Crippen LogP contribution in [0.1, 0.15) is 5.56 Å². The van der Waals surface area contributed by atoms with Gasteiger partial charge in [0, 0.05) is 15.1 Å². The first-order valence-electron chi connectivity index (χ1n) is 3.02. The maximum atomic E-state index is 8.56. The van der Waals surface area contributed by atoms with Crippen molar-refractivity contribution < 1.29 is 0 Å². The molecule has 58 valence electrons. The SMILES string of the molecule is N#Cc1ccc(N=[N+]=[N-])cc1Br. The van der Waals surface area contributed by atoms with Crippen molar-refractivity contribution in [2.45, 2.75) is 0 Å². The molecule has 0 N–H and O–H groups in total. The lowest BCUT2D eigenvalue weighted by atomic mass is 10.2. The molecule has 0 bridgehead atoms. The highest BCUT2D eigenvalue weighted by atomic mass is 79.9. The van der Waals surface area contributed by atoms with Gasteiger partial charge in [0.1, 0.15) is 6.07 Å². The number of benzene rings is 1. The van der Waals surface area contributed by atoms with Gasteiger partial charge in [-0.05, 0) is 33.6 Å². The lowest BCUT2D eigenvalue weighted by Crippen LogP contribution is -1.74. The van der Waals surface area contributed by atoms with Crippen molar-refractivity contribution in [3.8, 4) is 6.07 Å². The molecule has 0 aromatic heterocycles. The van der Waals surface area contributed by atoms with Crippen LogP contribution in [-0.4, -0.2) is 0 Å². The number of nitriles is 1. The fourth-order valence-corrected chi connectivity index (χ4v) is 1.16. The number of rotatable bonds is 1. The molecule has 0 saturated carbocycles. The number of hydrogen-bond donors (Lipinski definition) is 0. The van der Waals surface area contributed by atoms with Crippen molar-refractivity contribution in [3.63, 3.8) is 0 Å². The summed E-state index contributed by atoms with van der Waals surface area (Å²) < 4.78 is 0.634. The van der Waals surface area contributed by atoms with Crippen LogP contribution >= 0.6 is 15.9 Å². The van der Waals surface area contributed by atoms with Gasteiger partial charge in [-0.2, -0.15) is 5.26 Å². The average Bonchev–Trinajstić information content (AvgIpc) is 2.05. The van der Waals surface area contributed by atoms with E-state index in [1.807, 2.05) is 6.07 Å². The van der Waals surface area contributed by atoms with Crippen molar-refractivity contribution in [1.82, 2.24) is 0 Å². The van der Waals surface area contributed by atoms with Crippen LogP contribution in [0.3, 0.4) is 0 Å². The standard InChI is InChI=1S/C7H3BrN4/c8-7-3-6(11-12-10)2-1-5(7)4-9/h1-3H. The van der Waals surface area contributed by atoms with Gasteiger partial charge < -0.3 is 0 Å². The Hall–Kier alpha value is -1.50. The Morgan fingerprint density at radius 3 is 2.83 bits per heavy atom. The van der Waals surface area contributed by atoms with Crippen molar-refractivity contribution in [2.24, 2.45) is 5.11 Å². The van der Waals surface area contributed by atoms with Crippen LogP contribution < -0.4 is 0 Å². The molecule has 0 amide bonds. The van der Waals surface area contributed by atoms with Crippen molar-refractivity contribution >= 4 is 21.6 Å². The van der Waals surface area contributed by atoms with Gasteiger partial charge in [-0.15, -0.1) is 0 Å². The van der Waals surface area contributed by atoms with E-state index in [1.165, 1.54) is 0 Å². The van der Waals surface area contributed by atoms with Gasteiger partial charge in [0.05, 0.1) is 5.56 Å². The maximum Gasteiger partial charge on any atom is 0.100 e. The van der Waals surface area contributed by atoms with Crippen molar-refractivity contribution in [2.75, 3.05) is 0 Å². The van der Waals surface area contributed by atoms with Crippen LogP contribution in [0.25, 0.3) is 10.4 Å². The summed E-state index contributed by atoms with van der Waals surface area (Å²) in [5, 5.41) is 11.9. The Balaban J connectivity index is 3.20. The number of halogens is 1. The van der Waals surface area contributed by atoms with Gasteiger partial charge in [0.2, 0.25) is 0 Å². The topological polar surface area (TPSA) is 72.5 Å². The summed E-state index contributed by atoms with van der Waals surface area (Å²) >= 11 is 3.17. The zero-order valence-corrected chi connectivity index (χ0v) is 7.48. The summed E-state index contributed by atoms with van der Waals surface area (Å²) in [6.45, 7) is 0. The van der Waals surface area contributed by atoms with E-state index in [4.69, 9.17) is 10.8 Å². The van der Waals surface area contributed by atoms with Gasteiger partial charge in [-0.25, -0.2) is 0 Å². The fourth-order valence-electron chi connectivity index (χ4n) is 0.709. The molecule has 0 fully saturated rings. The molecular formula is C7H3BrN4. The zero-order valence-electron chi connectivity index (χ0n) is 5.90. The van der Waals surface area contributed by atoms with Crippen LogP contribution in [0.5, 0.6) is 0 Å². The van der Waals surface area contributed by atoms with E-state index in [0.717, 1.165) is 0 Å². The monoisotopic (exact) mass is 222 g/mol. The molecule has 0 heterocycles. The van der Waals surface area contributed by atoms with Gasteiger partial charge in [-0.1, -0.05) is 11.2 Å². The minimum Gasteiger partial charge on any atom is -0.192 e. The predicted molar refractivity (Wildman–Crippen MR) is 47.7 cm³/mol.